The van der Waals surface area contributed by atoms with Crippen LogP contribution < -0.4 is 10.6 Å². The summed E-state index contributed by atoms with van der Waals surface area (Å²) in [5, 5.41) is 14.9. The highest BCUT2D eigenvalue weighted by atomic mass is 16.2. The van der Waals surface area contributed by atoms with E-state index < -0.39 is 0 Å². The number of carbonyl (C=O) groups is 2. The van der Waals surface area contributed by atoms with Gasteiger partial charge >= 0.3 is 0 Å². The number of carbonyl (C=O) groups excluding carboxylic acids is 2. The Labute approximate surface area is 201 Å². The Bertz CT molecular complexity index is 1410. The van der Waals surface area contributed by atoms with Crippen LogP contribution in [0.5, 0.6) is 0 Å². The van der Waals surface area contributed by atoms with E-state index in [9.17, 15) is 9.59 Å². The molecule has 0 saturated carbocycles. The van der Waals surface area contributed by atoms with Gasteiger partial charge in [-0.05, 0) is 51.4 Å². The molecule has 1 fully saturated rings. The lowest BCUT2D eigenvalue weighted by molar-refractivity contribution is -0.117. The molecule has 5 heterocycles. The maximum atomic E-state index is 13.0. The second kappa shape index (κ2) is 9.26. The molecule has 35 heavy (non-hydrogen) atoms. The van der Waals surface area contributed by atoms with Gasteiger partial charge in [-0.1, -0.05) is 0 Å². The fourth-order valence-corrected chi connectivity index (χ4v) is 4.28. The van der Waals surface area contributed by atoms with Gasteiger partial charge < -0.3 is 15.6 Å². The lowest BCUT2D eigenvalue weighted by Gasteiger charge is -2.20. The number of hydrogen-bond donors (Lipinski definition) is 3. The Morgan fingerprint density at radius 3 is 2.74 bits per heavy atom. The highest BCUT2D eigenvalue weighted by molar-refractivity contribution is 6.06. The van der Waals surface area contributed by atoms with Gasteiger partial charge in [-0.25, -0.2) is 4.98 Å². The fraction of sp³-hybridized carbons (Fsp3) is 0.333. The van der Waals surface area contributed by atoms with Crippen LogP contribution in [0.3, 0.4) is 0 Å². The van der Waals surface area contributed by atoms with Crippen molar-refractivity contribution in [1.82, 2.24) is 34.8 Å². The van der Waals surface area contributed by atoms with Crippen molar-refractivity contribution in [1.29, 1.82) is 0 Å². The molecule has 4 aromatic heterocycles. The summed E-state index contributed by atoms with van der Waals surface area (Å²) in [4.78, 5) is 41.0. The first-order valence-corrected chi connectivity index (χ1v) is 11.5. The number of pyridine rings is 2. The fourth-order valence-electron chi connectivity index (χ4n) is 4.28. The van der Waals surface area contributed by atoms with Crippen molar-refractivity contribution in [2.24, 2.45) is 7.05 Å². The van der Waals surface area contributed by atoms with Crippen LogP contribution in [0.2, 0.25) is 0 Å². The SMILES string of the molecule is Cc1ncc(NC(=O)CN2CCC[C@@H]2C)cc1NC(=O)c1cnc2[nH]c(-c3cnn(C)n3)cc2c1. The van der Waals surface area contributed by atoms with Crippen molar-refractivity contribution >= 4 is 34.2 Å². The van der Waals surface area contributed by atoms with Crippen LogP contribution in [0.25, 0.3) is 22.4 Å². The van der Waals surface area contributed by atoms with E-state index in [1.54, 1.807) is 38.5 Å². The third-order valence-electron chi connectivity index (χ3n) is 6.26. The highest BCUT2D eigenvalue weighted by Crippen LogP contribution is 2.23. The second-order valence-electron chi connectivity index (χ2n) is 8.89. The van der Waals surface area contributed by atoms with E-state index in [4.69, 9.17) is 0 Å². The van der Waals surface area contributed by atoms with E-state index in [1.165, 1.54) is 11.0 Å². The number of rotatable bonds is 6. The van der Waals surface area contributed by atoms with Crippen molar-refractivity contribution in [3.63, 3.8) is 0 Å². The second-order valence-corrected chi connectivity index (χ2v) is 8.89. The smallest absolute Gasteiger partial charge is 0.257 e. The molecule has 0 radical (unpaired) electrons. The number of aryl methyl sites for hydroxylation is 2. The minimum Gasteiger partial charge on any atom is -0.338 e. The minimum atomic E-state index is -0.319. The summed E-state index contributed by atoms with van der Waals surface area (Å²) in [5.74, 6) is -0.413. The maximum absolute atomic E-state index is 13.0. The van der Waals surface area contributed by atoms with E-state index in [1.807, 2.05) is 6.07 Å². The molecular formula is C24H27N9O2. The van der Waals surface area contributed by atoms with Gasteiger partial charge in [-0.3, -0.25) is 19.5 Å². The molecule has 11 heteroatoms. The molecule has 5 rings (SSSR count). The topological polar surface area (TPSA) is 134 Å². The van der Waals surface area contributed by atoms with E-state index >= 15 is 0 Å². The van der Waals surface area contributed by atoms with Crippen molar-refractivity contribution in [3.8, 4) is 11.4 Å². The molecule has 0 unspecified atom stereocenters. The number of aromatic amines is 1. The predicted molar refractivity (Wildman–Crippen MR) is 132 cm³/mol. The quantitative estimate of drug-likeness (QED) is 0.392. The van der Waals surface area contributed by atoms with Crippen LogP contribution in [0, 0.1) is 6.92 Å². The number of H-pyrrole nitrogens is 1. The van der Waals surface area contributed by atoms with Crippen LogP contribution in [0.4, 0.5) is 11.4 Å². The van der Waals surface area contributed by atoms with Gasteiger partial charge in [-0.2, -0.15) is 15.0 Å². The number of anilines is 2. The van der Waals surface area contributed by atoms with Crippen molar-refractivity contribution < 1.29 is 9.59 Å². The number of amides is 2. The molecule has 11 nitrogen and oxygen atoms in total. The predicted octanol–water partition coefficient (Wildman–Crippen LogP) is 2.74. The molecule has 4 aromatic rings. The van der Waals surface area contributed by atoms with Gasteiger partial charge in [0.15, 0.2) is 0 Å². The molecular weight excluding hydrogens is 446 g/mol. The van der Waals surface area contributed by atoms with E-state index in [0.29, 0.717) is 46.6 Å². The number of fused-ring (bicyclic) bond motifs is 1. The number of aromatic nitrogens is 6. The Balaban J connectivity index is 1.29. The number of hydrogen-bond acceptors (Lipinski definition) is 7. The average molecular weight is 474 g/mol. The van der Waals surface area contributed by atoms with Crippen LogP contribution in [-0.4, -0.2) is 65.8 Å². The Hall–Kier alpha value is -4.12. The molecule has 3 N–H and O–H groups in total. The third kappa shape index (κ3) is 4.90. The van der Waals surface area contributed by atoms with Gasteiger partial charge in [0.05, 0.1) is 47.3 Å². The summed E-state index contributed by atoms with van der Waals surface area (Å²) >= 11 is 0. The number of nitrogens with one attached hydrogen (secondary N) is 3. The molecule has 1 saturated heterocycles. The largest absolute Gasteiger partial charge is 0.338 e. The van der Waals surface area contributed by atoms with Gasteiger partial charge in [0.2, 0.25) is 5.91 Å². The molecule has 1 aliphatic rings. The van der Waals surface area contributed by atoms with Gasteiger partial charge in [0.25, 0.3) is 5.91 Å². The van der Waals surface area contributed by atoms with E-state index in [-0.39, 0.29) is 11.8 Å². The summed E-state index contributed by atoms with van der Waals surface area (Å²) in [5.41, 5.74) is 4.22. The lowest BCUT2D eigenvalue weighted by atomic mass is 10.2. The van der Waals surface area contributed by atoms with Crippen LogP contribution in [-0.2, 0) is 11.8 Å². The maximum Gasteiger partial charge on any atom is 0.257 e. The Morgan fingerprint density at radius 1 is 1.14 bits per heavy atom. The van der Waals surface area contributed by atoms with Crippen molar-refractivity contribution in [2.75, 3.05) is 23.7 Å². The molecule has 1 aliphatic heterocycles. The average Bonchev–Trinajstić information content (AvgIpc) is 3.55. The summed E-state index contributed by atoms with van der Waals surface area (Å²) in [6, 6.07) is 5.78. The van der Waals surface area contributed by atoms with E-state index in [2.05, 4.69) is 47.6 Å². The monoisotopic (exact) mass is 473 g/mol. The van der Waals surface area contributed by atoms with Crippen molar-refractivity contribution in [2.45, 2.75) is 32.7 Å². The van der Waals surface area contributed by atoms with Gasteiger partial charge in [-0.15, -0.1) is 0 Å². The molecule has 1 atom stereocenters. The zero-order chi connectivity index (χ0) is 24.5. The minimum absolute atomic E-state index is 0.0947. The van der Waals surface area contributed by atoms with Crippen LogP contribution in [0.15, 0.2) is 36.8 Å². The zero-order valence-corrected chi connectivity index (χ0v) is 19.9. The molecule has 0 aliphatic carbocycles. The summed E-state index contributed by atoms with van der Waals surface area (Å²) < 4.78 is 0. The molecule has 0 bridgehead atoms. The molecule has 0 spiro atoms. The Morgan fingerprint density at radius 2 is 2.00 bits per heavy atom. The lowest BCUT2D eigenvalue weighted by Crippen LogP contribution is -2.35. The van der Waals surface area contributed by atoms with Gasteiger partial charge in [0, 0.05) is 24.7 Å². The first-order chi connectivity index (χ1) is 16.9. The summed E-state index contributed by atoms with van der Waals surface area (Å²) in [6.07, 6.45) is 6.99. The van der Waals surface area contributed by atoms with E-state index in [0.717, 1.165) is 30.5 Å². The van der Waals surface area contributed by atoms with Gasteiger partial charge in [0.1, 0.15) is 11.3 Å². The molecule has 2 amide bonds. The summed E-state index contributed by atoms with van der Waals surface area (Å²) in [7, 11) is 1.75. The standard InChI is InChI=1S/C24H27N9O2/c1-14-5-4-6-33(14)13-22(34)28-18-9-19(15(2)25-11-18)30-24(35)17-7-16-8-20(29-23(16)26-10-17)21-12-27-32(3)31-21/h7-12,14H,4-6,13H2,1-3H3,(H,26,29)(H,28,34)(H,30,35)/t14-/m0/s1. The van der Waals surface area contributed by atoms with Crippen LogP contribution in [0.1, 0.15) is 35.8 Å². The van der Waals surface area contributed by atoms with Crippen molar-refractivity contribution in [3.05, 3.63) is 48.0 Å². The highest BCUT2D eigenvalue weighted by Gasteiger charge is 2.22. The zero-order valence-electron chi connectivity index (χ0n) is 19.9. The first-order valence-electron chi connectivity index (χ1n) is 11.5. The Kier molecular flexibility index (Phi) is 6.00. The third-order valence-corrected chi connectivity index (χ3v) is 6.26. The first kappa shape index (κ1) is 22.7. The molecule has 0 aromatic carbocycles. The number of nitrogens with zero attached hydrogens (tertiary/aromatic N) is 6. The molecule has 180 valence electrons. The normalized spacial score (nSPS) is 16.0. The summed E-state index contributed by atoms with van der Waals surface area (Å²) in [6.45, 7) is 5.21. The number of likely N-dealkylation sites (tertiary alicyclic amines) is 1. The van der Waals surface area contributed by atoms with Crippen LogP contribution >= 0.6 is 0 Å².